The topological polar surface area (TPSA) is 85.7 Å². The molecule has 3 aromatic rings. The second kappa shape index (κ2) is 8.86. The van der Waals surface area contributed by atoms with Gasteiger partial charge in [-0.05, 0) is 43.6 Å². The average molecular weight is 447 g/mol. The summed E-state index contributed by atoms with van der Waals surface area (Å²) in [6, 6.07) is 11.7. The number of hydrogen-bond acceptors (Lipinski definition) is 4. The zero-order valence-corrected chi connectivity index (χ0v) is 17.3. The number of alkyl halides is 3. The number of aliphatic hydroxyl groups is 1. The third-order valence-electron chi connectivity index (χ3n) is 6.06. The molecule has 0 unspecified atom stereocenters. The first kappa shape index (κ1) is 22.2. The fourth-order valence-corrected chi connectivity index (χ4v) is 4.55. The minimum Gasteiger partial charge on any atom is -0.483 e. The Kier molecular flexibility index (Phi) is 6.15. The van der Waals surface area contributed by atoms with E-state index in [1.807, 2.05) is 6.07 Å². The molecule has 1 amide bonds. The molecule has 170 valence electrons. The summed E-state index contributed by atoms with van der Waals surface area (Å²) in [7, 11) is 0. The molecule has 0 saturated heterocycles. The van der Waals surface area contributed by atoms with E-state index in [-0.39, 0.29) is 30.0 Å². The third-order valence-corrected chi connectivity index (χ3v) is 6.06. The largest absolute Gasteiger partial charge is 0.483 e. The SMILES string of the molecule is NC(=O)c1oc2c(-c3ccccc3OCC(F)(F)F)cccc2c1[C@H]1CC[C@H](CO)CC1. The molecule has 4 rings (SSSR count). The van der Waals surface area contributed by atoms with Crippen molar-refractivity contribution in [1.29, 1.82) is 0 Å². The molecular weight excluding hydrogens is 423 g/mol. The highest BCUT2D eigenvalue weighted by atomic mass is 19.4. The first-order valence-corrected chi connectivity index (χ1v) is 10.5. The van der Waals surface area contributed by atoms with Crippen LogP contribution in [0.3, 0.4) is 0 Å². The average Bonchev–Trinajstić information content (AvgIpc) is 3.17. The maximum atomic E-state index is 12.7. The number of furan rings is 1. The van der Waals surface area contributed by atoms with Crippen molar-refractivity contribution in [3.05, 3.63) is 53.8 Å². The molecule has 1 aromatic heterocycles. The second-order valence-corrected chi connectivity index (χ2v) is 8.19. The highest BCUT2D eigenvalue weighted by Crippen LogP contribution is 2.44. The molecule has 0 spiro atoms. The number of rotatable bonds is 6. The number of para-hydroxylation sites is 2. The van der Waals surface area contributed by atoms with Crippen LogP contribution in [0.4, 0.5) is 13.2 Å². The van der Waals surface area contributed by atoms with Crippen LogP contribution in [0.2, 0.25) is 0 Å². The van der Waals surface area contributed by atoms with Gasteiger partial charge in [0.1, 0.15) is 11.3 Å². The number of ether oxygens (including phenoxy) is 1. The molecule has 0 aliphatic heterocycles. The lowest BCUT2D eigenvalue weighted by Crippen LogP contribution is -2.19. The predicted molar refractivity (Wildman–Crippen MR) is 114 cm³/mol. The summed E-state index contributed by atoms with van der Waals surface area (Å²) < 4.78 is 49.2. The third kappa shape index (κ3) is 4.46. The van der Waals surface area contributed by atoms with E-state index in [4.69, 9.17) is 14.9 Å². The lowest BCUT2D eigenvalue weighted by molar-refractivity contribution is -0.153. The summed E-state index contributed by atoms with van der Waals surface area (Å²) in [6.45, 7) is -1.27. The molecule has 1 fully saturated rings. The minimum atomic E-state index is -4.47. The smallest absolute Gasteiger partial charge is 0.422 e. The van der Waals surface area contributed by atoms with Crippen molar-refractivity contribution in [2.24, 2.45) is 11.7 Å². The fraction of sp³-hybridized carbons (Fsp3) is 0.375. The van der Waals surface area contributed by atoms with E-state index in [0.717, 1.165) is 36.6 Å². The van der Waals surface area contributed by atoms with Crippen LogP contribution in [0.15, 0.2) is 46.9 Å². The van der Waals surface area contributed by atoms with Gasteiger partial charge in [-0.1, -0.05) is 36.4 Å². The van der Waals surface area contributed by atoms with E-state index in [1.165, 1.54) is 6.07 Å². The Morgan fingerprint density at radius 1 is 1.06 bits per heavy atom. The van der Waals surface area contributed by atoms with Crippen molar-refractivity contribution < 1.29 is 32.2 Å². The van der Waals surface area contributed by atoms with Gasteiger partial charge in [0.25, 0.3) is 5.91 Å². The summed E-state index contributed by atoms with van der Waals surface area (Å²) in [5, 5.41) is 10.1. The lowest BCUT2D eigenvalue weighted by atomic mass is 9.78. The van der Waals surface area contributed by atoms with Gasteiger partial charge in [0.05, 0.1) is 0 Å². The molecule has 1 saturated carbocycles. The van der Waals surface area contributed by atoms with Crippen molar-refractivity contribution >= 4 is 16.9 Å². The van der Waals surface area contributed by atoms with Crippen molar-refractivity contribution in [3.63, 3.8) is 0 Å². The maximum absolute atomic E-state index is 12.7. The van der Waals surface area contributed by atoms with Crippen molar-refractivity contribution in [1.82, 2.24) is 0 Å². The van der Waals surface area contributed by atoms with Gasteiger partial charge >= 0.3 is 6.18 Å². The first-order valence-electron chi connectivity index (χ1n) is 10.5. The summed E-state index contributed by atoms with van der Waals surface area (Å²) in [4.78, 5) is 12.2. The van der Waals surface area contributed by atoms with Crippen LogP contribution in [-0.4, -0.2) is 30.4 Å². The molecule has 0 radical (unpaired) electrons. The zero-order chi connectivity index (χ0) is 22.9. The summed E-state index contributed by atoms with van der Waals surface area (Å²) in [6.07, 6.45) is -1.23. The Hall–Kier alpha value is -3.00. The number of fused-ring (bicyclic) bond motifs is 1. The number of aliphatic hydroxyl groups excluding tert-OH is 1. The van der Waals surface area contributed by atoms with Crippen molar-refractivity contribution in [3.8, 4) is 16.9 Å². The number of carbonyl (C=O) groups excluding carboxylic acids is 1. The Morgan fingerprint density at radius 2 is 1.75 bits per heavy atom. The van der Waals surface area contributed by atoms with E-state index in [0.29, 0.717) is 16.7 Å². The minimum absolute atomic E-state index is 0.0496. The molecule has 1 heterocycles. The Balaban J connectivity index is 1.80. The van der Waals surface area contributed by atoms with Crippen LogP contribution in [0.25, 0.3) is 22.1 Å². The highest BCUT2D eigenvalue weighted by Gasteiger charge is 2.31. The number of amides is 1. The number of primary amides is 1. The molecular formula is C24H24F3NO4. The first-order chi connectivity index (χ1) is 15.3. The van der Waals surface area contributed by atoms with Gasteiger partial charge in [-0.15, -0.1) is 0 Å². The maximum Gasteiger partial charge on any atom is 0.422 e. The van der Waals surface area contributed by atoms with E-state index in [1.54, 1.807) is 30.3 Å². The standard InChI is InChI=1S/C24H24F3NO4/c25-24(26,27)13-31-19-7-2-1-4-16(19)17-5-3-6-18-20(22(23(28)30)32-21(17)18)15-10-8-14(12-29)9-11-15/h1-7,14-15,29H,8-13H2,(H2,28,30)/t14-,15-. The van der Waals surface area contributed by atoms with Gasteiger partial charge in [-0.3, -0.25) is 4.79 Å². The number of benzene rings is 2. The van der Waals surface area contributed by atoms with Crippen LogP contribution in [0.5, 0.6) is 5.75 Å². The summed E-state index contributed by atoms with van der Waals surface area (Å²) in [5.41, 5.74) is 7.72. The molecule has 1 aliphatic carbocycles. The Morgan fingerprint density at radius 3 is 2.41 bits per heavy atom. The lowest BCUT2D eigenvalue weighted by Gasteiger charge is -2.27. The van der Waals surface area contributed by atoms with Crippen LogP contribution >= 0.6 is 0 Å². The molecule has 0 bridgehead atoms. The van der Waals surface area contributed by atoms with Crippen molar-refractivity contribution in [2.75, 3.05) is 13.2 Å². The van der Waals surface area contributed by atoms with E-state index < -0.39 is 18.7 Å². The van der Waals surface area contributed by atoms with Crippen LogP contribution < -0.4 is 10.5 Å². The second-order valence-electron chi connectivity index (χ2n) is 8.19. The molecule has 1 aliphatic rings. The molecule has 2 aromatic carbocycles. The zero-order valence-electron chi connectivity index (χ0n) is 17.3. The van der Waals surface area contributed by atoms with Crippen LogP contribution in [0, 0.1) is 5.92 Å². The normalized spacial score (nSPS) is 19.2. The number of carbonyl (C=O) groups is 1. The van der Waals surface area contributed by atoms with Gasteiger partial charge in [0.15, 0.2) is 12.4 Å². The van der Waals surface area contributed by atoms with Gasteiger partial charge in [0, 0.05) is 28.7 Å². The Bertz CT molecular complexity index is 1110. The molecule has 3 N–H and O–H groups in total. The monoisotopic (exact) mass is 447 g/mol. The molecule has 5 nitrogen and oxygen atoms in total. The van der Waals surface area contributed by atoms with Gasteiger partial charge < -0.3 is 20.0 Å². The number of halogens is 3. The van der Waals surface area contributed by atoms with Crippen LogP contribution in [-0.2, 0) is 0 Å². The summed E-state index contributed by atoms with van der Waals surface area (Å²) in [5.74, 6) is -0.246. The van der Waals surface area contributed by atoms with Gasteiger partial charge in [-0.2, -0.15) is 13.2 Å². The molecule has 0 atom stereocenters. The van der Waals surface area contributed by atoms with Crippen molar-refractivity contribution in [2.45, 2.75) is 37.8 Å². The number of nitrogens with two attached hydrogens (primary N) is 1. The predicted octanol–water partition coefficient (Wildman–Crippen LogP) is 5.41. The van der Waals surface area contributed by atoms with Crippen LogP contribution in [0.1, 0.15) is 47.7 Å². The summed E-state index contributed by atoms with van der Waals surface area (Å²) >= 11 is 0. The fourth-order valence-electron chi connectivity index (χ4n) is 4.55. The van der Waals surface area contributed by atoms with Gasteiger partial charge in [0.2, 0.25) is 0 Å². The number of hydrogen-bond donors (Lipinski definition) is 2. The van der Waals surface area contributed by atoms with E-state index in [9.17, 15) is 23.1 Å². The van der Waals surface area contributed by atoms with E-state index >= 15 is 0 Å². The quantitative estimate of drug-likeness (QED) is 0.529. The highest BCUT2D eigenvalue weighted by molar-refractivity contribution is 6.03. The van der Waals surface area contributed by atoms with E-state index in [2.05, 4.69) is 0 Å². The van der Waals surface area contributed by atoms with Gasteiger partial charge in [-0.25, -0.2) is 0 Å². The molecule has 32 heavy (non-hydrogen) atoms. The Labute approximate surface area is 183 Å². The molecule has 8 heteroatoms.